The number of aromatic nitrogens is 6. The van der Waals surface area contributed by atoms with Crippen LogP contribution in [0.3, 0.4) is 0 Å². The Morgan fingerprint density at radius 1 is 0.931 bits per heavy atom. The smallest absolute Gasteiger partial charge is 0.102 e. The van der Waals surface area contributed by atoms with Crippen molar-refractivity contribution < 1.29 is 0 Å². The van der Waals surface area contributed by atoms with E-state index in [1.807, 2.05) is 61.9 Å². The molecule has 0 atom stereocenters. The fourth-order valence-corrected chi connectivity index (χ4v) is 3.28. The molecular formula is C22H19N7. The highest BCUT2D eigenvalue weighted by Crippen LogP contribution is 2.19. The average Bonchev–Trinajstić information content (AvgIpc) is 3.40. The summed E-state index contributed by atoms with van der Waals surface area (Å²) in [6, 6.07) is 20.2. The van der Waals surface area contributed by atoms with Crippen molar-refractivity contribution in [3.8, 4) is 11.4 Å². The summed E-state index contributed by atoms with van der Waals surface area (Å²) in [5.41, 5.74) is 6.93. The van der Waals surface area contributed by atoms with Gasteiger partial charge in [-0.25, -0.2) is 9.67 Å². The summed E-state index contributed by atoms with van der Waals surface area (Å²) in [7, 11) is 0. The molecule has 0 aliphatic heterocycles. The van der Waals surface area contributed by atoms with Gasteiger partial charge >= 0.3 is 0 Å². The number of nitrogens with one attached hydrogen (secondary N) is 1. The molecule has 7 nitrogen and oxygen atoms in total. The van der Waals surface area contributed by atoms with Crippen LogP contribution in [0.2, 0.25) is 0 Å². The molecule has 2 aromatic carbocycles. The quantitative estimate of drug-likeness (QED) is 0.499. The van der Waals surface area contributed by atoms with Crippen LogP contribution >= 0.6 is 0 Å². The number of hydrogen-bond donors (Lipinski definition) is 1. The summed E-state index contributed by atoms with van der Waals surface area (Å²) in [5.74, 6) is 0. The average molecular weight is 381 g/mol. The van der Waals surface area contributed by atoms with Crippen molar-refractivity contribution in [2.75, 3.05) is 5.32 Å². The molecule has 5 rings (SSSR count). The number of para-hydroxylation sites is 2. The van der Waals surface area contributed by atoms with Gasteiger partial charge in [0.2, 0.25) is 0 Å². The number of hydrogen-bond acceptors (Lipinski definition) is 5. The summed E-state index contributed by atoms with van der Waals surface area (Å²) < 4.78 is 3.86. The highest BCUT2D eigenvalue weighted by molar-refractivity contribution is 5.77. The SMILES string of the molecule is Cc1cc(NCc2cn(-c3ccc(-n4cnc5ccccc54)cc3)nn2)ccn1. The van der Waals surface area contributed by atoms with E-state index in [2.05, 4.69) is 48.4 Å². The maximum Gasteiger partial charge on any atom is 0.102 e. The van der Waals surface area contributed by atoms with E-state index in [9.17, 15) is 0 Å². The van der Waals surface area contributed by atoms with E-state index in [0.717, 1.165) is 39.5 Å². The van der Waals surface area contributed by atoms with Crippen LogP contribution in [0, 0.1) is 6.92 Å². The van der Waals surface area contributed by atoms with Crippen LogP contribution in [-0.2, 0) is 6.54 Å². The van der Waals surface area contributed by atoms with Gasteiger partial charge in [-0.15, -0.1) is 5.10 Å². The molecule has 142 valence electrons. The first-order chi connectivity index (χ1) is 14.3. The first kappa shape index (κ1) is 17.1. The second kappa shape index (κ2) is 7.20. The van der Waals surface area contributed by atoms with Crippen LogP contribution in [0.4, 0.5) is 5.69 Å². The lowest BCUT2D eigenvalue weighted by atomic mass is 10.2. The van der Waals surface area contributed by atoms with E-state index in [-0.39, 0.29) is 0 Å². The van der Waals surface area contributed by atoms with Crippen molar-refractivity contribution in [3.05, 3.63) is 90.8 Å². The third kappa shape index (κ3) is 3.45. The molecule has 0 saturated heterocycles. The minimum Gasteiger partial charge on any atom is -0.379 e. The zero-order chi connectivity index (χ0) is 19.6. The van der Waals surface area contributed by atoms with Crippen molar-refractivity contribution >= 4 is 16.7 Å². The zero-order valence-electron chi connectivity index (χ0n) is 15.9. The third-order valence-electron chi connectivity index (χ3n) is 4.76. The number of aryl methyl sites for hydroxylation is 1. The van der Waals surface area contributed by atoms with Crippen LogP contribution in [0.1, 0.15) is 11.4 Å². The van der Waals surface area contributed by atoms with Crippen LogP contribution < -0.4 is 5.32 Å². The maximum absolute atomic E-state index is 4.45. The van der Waals surface area contributed by atoms with Crippen LogP contribution in [0.15, 0.2) is 79.4 Å². The van der Waals surface area contributed by atoms with E-state index in [0.29, 0.717) is 6.54 Å². The van der Waals surface area contributed by atoms with Crippen molar-refractivity contribution in [1.82, 2.24) is 29.5 Å². The van der Waals surface area contributed by atoms with Crippen molar-refractivity contribution in [2.24, 2.45) is 0 Å². The van der Waals surface area contributed by atoms with Gasteiger partial charge in [0.1, 0.15) is 12.0 Å². The first-order valence-corrected chi connectivity index (χ1v) is 9.37. The Hall–Kier alpha value is -4.00. The monoisotopic (exact) mass is 381 g/mol. The van der Waals surface area contributed by atoms with Crippen LogP contribution in [-0.4, -0.2) is 29.5 Å². The Morgan fingerprint density at radius 2 is 1.76 bits per heavy atom. The topological polar surface area (TPSA) is 73.5 Å². The number of benzene rings is 2. The molecule has 0 aliphatic rings. The van der Waals surface area contributed by atoms with Crippen molar-refractivity contribution in [1.29, 1.82) is 0 Å². The molecular weight excluding hydrogens is 362 g/mol. The fraction of sp³-hybridized carbons (Fsp3) is 0.0909. The number of fused-ring (bicyclic) bond motifs is 1. The van der Waals surface area contributed by atoms with Crippen molar-refractivity contribution in [2.45, 2.75) is 13.5 Å². The van der Waals surface area contributed by atoms with Gasteiger partial charge in [-0.2, -0.15) is 0 Å². The second-order valence-electron chi connectivity index (χ2n) is 6.81. The van der Waals surface area contributed by atoms with E-state index >= 15 is 0 Å². The highest BCUT2D eigenvalue weighted by atomic mass is 15.4. The van der Waals surface area contributed by atoms with Gasteiger partial charge < -0.3 is 5.32 Å². The van der Waals surface area contributed by atoms with E-state index < -0.39 is 0 Å². The summed E-state index contributed by atoms with van der Waals surface area (Å²) >= 11 is 0. The largest absolute Gasteiger partial charge is 0.379 e. The molecule has 0 amide bonds. The van der Waals surface area contributed by atoms with Gasteiger partial charge in [0.05, 0.1) is 29.5 Å². The molecule has 0 fully saturated rings. The molecule has 3 heterocycles. The van der Waals surface area contributed by atoms with Gasteiger partial charge in [0, 0.05) is 23.3 Å². The molecule has 7 heteroatoms. The predicted molar refractivity (Wildman–Crippen MR) is 112 cm³/mol. The Kier molecular flexibility index (Phi) is 4.25. The first-order valence-electron chi connectivity index (χ1n) is 9.37. The Labute approximate surface area is 167 Å². The van der Waals surface area contributed by atoms with Crippen molar-refractivity contribution in [3.63, 3.8) is 0 Å². The lowest BCUT2D eigenvalue weighted by molar-refractivity contribution is 0.798. The zero-order valence-corrected chi connectivity index (χ0v) is 15.9. The molecule has 29 heavy (non-hydrogen) atoms. The third-order valence-corrected chi connectivity index (χ3v) is 4.76. The maximum atomic E-state index is 4.45. The lowest BCUT2D eigenvalue weighted by Crippen LogP contribution is -2.00. The molecule has 3 aromatic heterocycles. The number of pyridine rings is 1. The molecule has 0 unspecified atom stereocenters. The van der Waals surface area contributed by atoms with Crippen LogP contribution in [0.25, 0.3) is 22.4 Å². The molecule has 1 N–H and O–H groups in total. The van der Waals surface area contributed by atoms with Gasteiger partial charge in [-0.1, -0.05) is 17.3 Å². The summed E-state index contributed by atoms with van der Waals surface area (Å²) in [5, 5.41) is 11.9. The molecule has 0 aliphatic carbocycles. The highest BCUT2D eigenvalue weighted by Gasteiger charge is 2.06. The Morgan fingerprint density at radius 3 is 2.62 bits per heavy atom. The summed E-state index contributed by atoms with van der Waals surface area (Å²) in [4.78, 5) is 8.66. The molecule has 5 aromatic rings. The minimum atomic E-state index is 0.600. The second-order valence-corrected chi connectivity index (χ2v) is 6.81. The van der Waals surface area contributed by atoms with Gasteiger partial charge in [0.15, 0.2) is 0 Å². The number of anilines is 1. The van der Waals surface area contributed by atoms with E-state index in [4.69, 9.17) is 0 Å². The van der Waals surface area contributed by atoms with Crippen LogP contribution in [0.5, 0.6) is 0 Å². The summed E-state index contributed by atoms with van der Waals surface area (Å²) in [6.45, 7) is 2.57. The summed E-state index contributed by atoms with van der Waals surface area (Å²) in [6.07, 6.45) is 5.57. The van der Waals surface area contributed by atoms with E-state index in [1.54, 1.807) is 10.9 Å². The Bertz CT molecular complexity index is 1270. The number of nitrogens with zero attached hydrogens (tertiary/aromatic N) is 6. The normalized spacial score (nSPS) is 11.1. The number of rotatable bonds is 5. The fourth-order valence-electron chi connectivity index (χ4n) is 3.28. The van der Waals surface area contributed by atoms with Gasteiger partial charge in [-0.3, -0.25) is 9.55 Å². The lowest BCUT2D eigenvalue weighted by Gasteiger charge is -2.06. The van der Waals surface area contributed by atoms with E-state index in [1.165, 1.54) is 0 Å². The Balaban J connectivity index is 1.33. The predicted octanol–water partition coefficient (Wildman–Crippen LogP) is 3.92. The molecule has 0 spiro atoms. The minimum absolute atomic E-state index is 0.600. The standard InChI is InChI=1S/C22H19N7/c1-16-12-17(10-11-23-16)24-13-18-14-29(27-26-18)20-8-6-19(7-9-20)28-15-25-21-4-2-3-5-22(21)28/h2-12,14-15H,13H2,1H3,(H,23,24). The molecule has 0 bridgehead atoms. The number of imidazole rings is 1. The molecule has 0 radical (unpaired) electrons. The van der Waals surface area contributed by atoms with Gasteiger partial charge in [0.25, 0.3) is 0 Å². The van der Waals surface area contributed by atoms with Gasteiger partial charge in [-0.05, 0) is 55.5 Å². The molecule has 0 saturated carbocycles.